The summed E-state index contributed by atoms with van der Waals surface area (Å²) in [6.07, 6.45) is 2.99. The molecule has 24 heavy (non-hydrogen) atoms. The van der Waals surface area contributed by atoms with Gasteiger partial charge >= 0.3 is 0 Å². The highest BCUT2D eigenvalue weighted by molar-refractivity contribution is 6.30. The van der Waals surface area contributed by atoms with Gasteiger partial charge in [-0.15, -0.1) is 0 Å². The van der Waals surface area contributed by atoms with Crippen molar-refractivity contribution in [3.8, 4) is 5.69 Å². The number of halogens is 1. The number of aromatic nitrogens is 2. The number of carbonyl (C=O) groups is 2. The summed E-state index contributed by atoms with van der Waals surface area (Å²) in [5.41, 5.74) is 2.02. The maximum absolute atomic E-state index is 12.3. The van der Waals surface area contributed by atoms with E-state index in [1.807, 2.05) is 26.0 Å². The maximum atomic E-state index is 12.3. The van der Waals surface area contributed by atoms with Gasteiger partial charge in [-0.1, -0.05) is 31.5 Å². The van der Waals surface area contributed by atoms with Gasteiger partial charge < -0.3 is 10.6 Å². The van der Waals surface area contributed by atoms with Crippen LogP contribution in [0, 0.1) is 0 Å². The van der Waals surface area contributed by atoms with Crippen LogP contribution in [-0.2, 0) is 11.2 Å². The molecule has 0 aliphatic heterocycles. The lowest BCUT2D eigenvalue weighted by Gasteiger charge is -2.09. The Morgan fingerprint density at radius 1 is 1.25 bits per heavy atom. The van der Waals surface area contributed by atoms with Crippen LogP contribution in [0.15, 0.2) is 30.5 Å². The molecular formula is C17H21ClN4O2. The van der Waals surface area contributed by atoms with Gasteiger partial charge in [0, 0.05) is 11.6 Å². The molecule has 2 amide bonds. The predicted octanol–water partition coefficient (Wildman–Crippen LogP) is 2.34. The Hall–Kier alpha value is -2.34. The first-order valence-electron chi connectivity index (χ1n) is 7.94. The van der Waals surface area contributed by atoms with Gasteiger partial charge in [0.1, 0.15) is 0 Å². The minimum Gasteiger partial charge on any atom is -0.355 e. The van der Waals surface area contributed by atoms with Crippen molar-refractivity contribution in [1.82, 2.24) is 20.4 Å². The van der Waals surface area contributed by atoms with E-state index in [-0.39, 0.29) is 18.4 Å². The Balaban J connectivity index is 2.14. The second-order valence-corrected chi connectivity index (χ2v) is 5.72. The fourth-order valence-electron chi connectivity index (χ4n) is 2.32. The Kier molecular flexibility index (Phi) is 6.37. The molecule has 0 aliphatic rings. The lowest BCUT2D eigenvalue weighted by atomic mass is 10.2. The molecule has 0 saturated heterocycles. The smallest absolute Gasteiger partial charge is 0.255 e. The minimum atomic E-state index is -0.313. The summed E-state index contributed by atoms with van der Waals surface area (Å²) in [4.78, 5) is 23.9. The van der Waals surface area contributed by atoms with E-state index in [2.05, 4.69) is 15.7 Å². The first kappa shape index (κ1) is 18.0. The molecule has 0 aliphatic carbocycles. The number of carbonyl (C=O) groups excluding carboxylic acids is 2. The molecule has 128 valence electrons. The zero-order valence-electron chi connectivity index (χ0n) is 13.8. The van der Waals surface area contributed by atoms with E-state index >= 15 is 0 Å². The first-order valence-corrected chi connectivity index (χ1v) is 8.32. The van der Waals surface area contributed by atoms with Gasteiger partial charge in [-0.3, -0.25) is 9.59 Å². The summed E-state index contributed by atoms with van der Waals surface area (Å²) >= 11 is 6.02. The highest BCUT2D eigenvalue weighted by atomic mass is 35.5. The van der Waals surface area contributed by atoms with Gasteiger partial charge in [0.15, 0.2) is 0 Å². The molecule has 1 aromatic heterocycles. The summed E-state index contributed by atoms with van der Waals surface area (Å²) in [5.74, 6) is -0.516. The molecular weight excluding hydrogens is 328 g/mol. The Morgan fingerprint density at radius 3 is 2.71 bits per heavy atom. The van der Waals surface area contributed by atoms with Crippen molar-refractivity contribution in [2.24, 2.45) is 0 Å². The molecule has 0 atom stereocenters. The molecule has 0 saturated carbocycles. The van der Waals surface area contributed by atoms with E-state index in [1.165, 1.54) is 6.20 Å². The molecule has 0 spiro atoms. The fourth-order valence-corrected chi connectivity index (χ4v) is 2.50. The van der Waals surface area contributed by atoms with Crippen LogP contribution >= 0.6 is 11.6 Å². The van der Waals surface area contributed by atoms with Crippen molar-refractivity contribution < 1.29 is 9.59 Å². The van der Waals surface area contributed by atoms with Crippen LogP contribution in [0.5, 0.6) is 0 Å². The molecule has 0 unspecified atom stereocenters. The third-order valence-corrected chi connectivity index (χ3v) is 3.72. The van der Waals surface area contributed by atoms with E-state index in [0.29, 0.717) is 23.6 Å². The summed E-state index contributed by atoms with van der Waals surface area (Å²) in [6.45, 7) is 4.46. The first-order chi connectivity index (χ1) is 11.6. The number of rotatable bonds is 7. The molecule has 2 rings (SSSR count). The molecule has 0 fully saturated rings. The zero-order valence-corrected chi connectivity index (χ0v) is 14.6. The number of hydrogen-bond donors (Lipinski definition) is 2. The van der Waals surface area contributed by atoms with Crippen LogP contribution in [-0.4, -0.2) is 34.7 Å². The van der Waals surface area contributed by atoms with Crippen LogP contribution in [0.2, 0.25) is 5.02 Å². The topological polar surface area (TPSA) is 76.0 Å². The van der Waals surface area contributed by atoms with Crippen molar-refractivity contribution in [3.05, 3.63) is 46.7 Å². The normalized spacial score (nSPS) is 10.5. The Morgan fingerprint density at radius 2 is 2.04 bits per heavy atom. The largest absolute Gasteiger partial charge is 0.355 e. The maximum Gasteiger partial charge on any atom is 0.255 e. The molecule has 1 heterocycles. The van der Waals surface area contributed by atoms with Crippen LogP contribution < -0.4 is 10.6 Å². The van der Waals surface area contributed by atoms with Gasteiger partial charge in [-0.25, -0.2) is 4.68 Å². The molecule has 0 bridgehead atoms. The van der Waals surface area contributed by atoms with Crippen molar-refractivity contribution >= 4 is 23.4 Å². The molecule has 2 aromatic rings. The van der Waals surface area contributed by atoms with Crippen molar-refractivity contribution in [3.63, 3.8) is 0 Å². The van der Waals surface area contributed by atoms with Gasteiger partial charge in [-0.2, -0.15) is 5.10 Å². The van der Waals surface area contributed by atoms with Crippen LogP contribution in [0.25, 0.3) is 5.69 Å². The highest BCUT2D eigenvalue weighted by Gasteiger charge is 2.17. The molecule has 2 N–H and O–H groups in total. The summed E-state index contributed by atoms with van der Waals surface area (Å²) < 4.78 is 1.69. The second kappa shape index (κ2) is 8.49. The van der Waals surface area contributed by atoms with Gasteiger partial charge in [0.05, 0.1) is 29.7 Å². The van der Waals surface area contributed by atoms with E-state index in [1.54, 1.807) is 16.8 Å². The van der Waals surface area contributed by atoms with E-state index in [4.69, 9.17) is 11.6 Å². The Labute approximate surface area is 146 Å². The van der Waals surface area contributed by atoms with E-state index in [9.17, 15) is 9.59 Å². The average molecular weight is 349 g/mol. The number of benzene rings is 1. The van der Waals surface area contributed by atoms with Crippen LogP contribution in [0.3, 0.4) is 0 Å². The van der Waals surface area contributed by atoms with Gasteiger partial charge in [0.2, 0.25) is 5.91 Å². The fraction of sp³-hybridized carbons (Fsp3) is 0.353. The van der Waals surface area contributed by atoms with Gasteiger partial charge in [-0.05, 0) is 31.0 Å². The lowest BCUT2D eigenvalue weighted by molar-refractivity contribution is -0.120. The molecule has 6 nitrogen and oxygen atoms in total. The monoisotopic (exact) mass is 348 g/mol. The van der Waals surface area contributed by atoms with Crippen molar-refractivity contribution in [2.45, 2.75) is 26.7 Å². The number of nitrogens with one attached hydrogen (secondary N) is 2. The summed E-state index contributed by atoms with van der Waals surface area (Å²) in [5, 5.41) is 10.2. The standard InChI is InChI=1S/C17H21ClN4O2/c1-3-8-19-16(23)11-20-17(24)14-10-21-22(15(14)4-2)13-7-5-6-12(18)9-13/h5-7,9-10H,3-4,8,11H2,1-2H3,(H,19,23)(H,20,24). The third-order valence-electron chi connectivity index (χ3n) is 3.48. The van der Waals surface area contributed by atoms with Crippen molar-refractivity contribution in [2.75, 3.05) is 13.1 Å². The predicted molar refractivity (Wildman–Crippen MR) is 93.6 cm³/mol. The van der Waals surface area contributed by atoms with Crippen LogP contribution in [0.1, 0.15) is 36.3 Å². The number of amides is 2. The van der Waals surface area contributed by atoms with Gasteiger partial charge in [0.25, 0.3) is 5.91 Å². The third kappa shape index (κ3) is 4.35. The number of nitrogens with zero attached hydrogens (tertiary/aromatic N) is 2. The summed E-state index contributed by atoms with van der Waals surface area (Å²) in [7, 11) is 0. The SMILES string of the molecule is CCCNC(=O)CNC(=O)c1cnn(-c2cccc(Cl)c2)c1CC. The quantitative estimate of drug-likeness (QED) is 0.806. The summed E-state index contributed by atoms with van der Waals surface area (Å²) in [6, 6.07) is 7.27. The van der Waals surface area contributed by atoms with Crippen LogP contribution in [0.4, 0.5) is 0 Å². The number of hydrogen-bond acceptors (Lipinski definition) is 3. The molecule has 7 heteroatoms. The molecule has 1 aromatic carbocycles. The zero-order chi connectivity index (χ0) is 17.5. The highest BCUT2D eigenvalue weighted by Crippen LogP contribution is 2.19. The average Bonchev–Trinajstić information content (AvgIpc) is 3.01. The van der Waals surface area contributed by atoms with E-state index < -0.39 is 0 Å². The Bertz CT molecular complexity index is 727. The second-order valence-electron chi connectivity index (χ2n) is 5.28. The lowest BCUT2D eigenvalue weighted by Crippen LogP contribution is -2.37. The minimum absolute atomic E-state index is 0.0513. The van der Waals surface area contributed by atoms with Crippen molar-refractivity contribution in [1.29, 1.82) is 0 Å². The van der Waals surface area contributed by atoms with E-state index in [0.717, 1.165) is 17.8 Å². The molecule has 0 radical (unpaired) electrons.